The van der Waals surface area contributed by atoms with Crippen molar-refractivity contribution in [1.29, 1.82) is 0 Å². The number of piperazine rings is 1. The quantitative estimate of drug-likeness (QED) is 0.384. The van der Waals surface area contributed by atoms with Gasteiger partial charge in [-0.1, -0.05) is 12.1 Å². The number of amides is 2. The molecule has 9 nitrogen and oxygen atoms in total. The van der Waals surface area contributed by atoms with Crippen LogP contribution in [0, 0.1) is 10.1 Å². The molecule has 1 fully saturated rings. The van der Waals surface area contributed by atoms with Gasteiger partial charge in [0.1, 0.15) is 5.69 Å². The molecule has 0 atom stereocenters. The Hall–Kier alpha value is -2.52. The van der Waals surface area contributed by atoms with Gasteiger partial charge >= 0.3 is 11.8 Å². The third-order valence-corrected chi connectivity index (χ3v) is 3.48. The highest BCUT2D eigenvalue weighted by atomic mass is 16.6. The fourth-order valence-corrected chi connectivity index (χ4v) is 2.26. The van der Waals surface area contributed by atoms with E-state index in [4.69, 9.17) is 0 Å². The minimum atomic E-state index is -0.917. The fourth-order valence-electron chi connectivity index (χ4n) is 2.26. The summed E-state index contributed by atoms with van der Waals surface area (Å²) in [5.41, 5.74) is -0.255. The summed E-state index contributed by atoms with van der Waals surface area (Å²) in [6.07, 6.45) is 0. The molecule has 1 heterocycles. The molecule has 1 aromatic rings. The van der Waals surface area contributed by atoms with E-state index in [0.29, 0.717) is 13.1 Å². The van der Waals surface area contributed by atoms with Gasteiger partial charge in [0.2, 0.25) is 0 Å². The van der Waals surface area contributed by atoms with Crippen LogP contribution in [0.2, 0.25) is 0 Å². The Kier molecular flexibility index (Phi) is 6.01. The highest BCUT2D eigenvalue weighted by Gasteiger charge is 2.19. The van der Waals surface area contributed by atoms with E-state index in [9.17, 15) is 19.7 Å². The molecule has 0 radical (unpaired) electrons. The predicted octanol–water partition coefficient (Wildman–Crippen LogP) is -0.445. The lowest BCUT2D eigenvalue weighted by Gasteiger charge is -2.26. The number of rotatable bonds is 5. The van der Waals surface area contributed by atoms with Crippen molar-refractivity contribution in [3.63, 3.8) is 0 Å². The maximum Gasteiger partial charge on any atom is 0.313 e. The topological polar surface area (TPSA) is 117 Å². The van der Waals surface area contributed by atoms with Gasteiger partial charge in [-0.2, -0.15) is 0 Å². The molecule has 1 aromatic carbocycles. The Morgan fingerprint density at radius 2 is 1.91 bits per heavy atom. The molecule has 1 aliphatic rings. The molecule has 0 unspecified atom stereocenters. The number of para-hydroxylation sites is 2. The second-order valence-electron chi connectivity index (χ2n) is 5.08. The minimum absolute atomic E-state index is 0.000227. The summed E-state index contributed by atoms with van der Waals surface area (Å²) in [6, 6.07) is 5.67. The van der Waals surface area contributed by atoms with Crippen LogP contribution in [0.5, 0.6) is 0 Å². The van der Waals surface area contributed by atoms with Crippen molar-refractivity contribution in [3.8, 4) is 0 Å². The molecule has 0 bridgehead atoms. The lowest BCUT2D eigenvalue weighted by molar-refractivity contribution is -0.383. The molecule has 1 aliphatic heterocycles. The average Bonchev–Trinajstić information content (AvgIpc) is 2.56. The number of nitrogens with one attached hydrogen (secondary N) is 3. The van der Waals surface area contributed by atoms with Gasteiger partial charge < -0.3 is 16.0 Å². The zero-order valence-electron chi connectivity index (χ0n) is 12.6. The Balaban J connectivity index is 1.81. The first-order valence-corrected chi connectivity index (χ1v) is 7.33. The van der Waals surface area contributed by atoms with Gasteiger partial charge in [0, 0.05) is 45.3 Å². The number of nitrogens with zero attached hydrogens (tertiary/aromatic N) is 2. The second kappa shape index (κ2) is 8.20. The molecule has 23 heavy (non-hydrogen) atoms. The molecule has 2 rings (SSSR count). The first kappa shape index (κ1) is 16.8. The van der Waals surface area contributed by atoms with E-state index in [0.717, 1.165) is 26.2 Å². The van der Waals surface area contributed by atoms with E-state index in [1.807, 2.05) is 0 Å². The third-order valence-electron chi connectivity index (χ3n) is 3.48. The average molecular weight is 321 g/mol. The standard InChI is InChI=1S/C14H19N5O4/c20-13(16-7-10-18-8-5-15-6-9-18)14(21)17-11-3-1-2-4-12(11)19(22)23/h1-4,15H,5-10H2,(H,16,20)(H,17,21). The molecule has 0 spiro atoms. The molecule has 3 N–H and O–H groups in total. The fraction of sp³-hybridized carbons (Fsp3) is 0.429. The van der Waals surface area contributed by atoms with Gasteiger partial charge in [-0.3, -0.25) is 24.6 Å². The van der Waals surface area contributed by atoms with Gasteiger partial charge in [0.15, 0.2) is 0 Å². The Morgan fingerprint density at radius 1 is 1.22 bits per heavy atom. The van der Waals surface area contributed by atoms with Gasteiger partial charge in [-0.05, 0) is 6.07 Å². The van der Waals surface area contributed by atoms with Crippen molar-refractivity contribution in [3.05, 3.63) is 34.4 Å². The molecule has 0 aliphatic carbocycles. The van der Waals surface area contributed by atoms with Crippen LogP contribution in [-0.2, 0) is 9.59 Å². The van der Waals surface area contributed by atoms with Crippen molar-refractivity contribution in [2.24, 2.45) is 0 Å². The van der Waals surface area contributed by atoms with Crippen LogP contribution in [-0.4, -0.2) is 60.9 Å². The highest BCUT2D eigenvalue weighted by Crippen LogP contribution is 2.22. The van der Waals surface area contributed by atoms with Crippen molar-refractivity contribution in [2.45, 2.75) is 0 Å². The smallest absolute Gasteiger partial charge is 0.313 e. The predicted molar refractivity (Wildman–Crippen MR) is 84.0 cm³/mol. The maximum absolute atomic E-state index is 11.8. The molecule has 124 valence electrons. The van der Waals surface area contributed by atoms with Crippen LogP contribution >= 0.6 is 0 Å². The van der Waals surface area contributed by atoms with E-state index < -0.39 is 16.7 Å². The number of hydrogen-bond acceptors (Lipinski definition) is 6. The summed E-state index contributed by atoms with van der Waals surface area (Å²) in [4.78, 5) is 36.0. The number of hydrogen-bond donors (Lipinski definition) is 3. The summed E-state index contributed by atoms with van der Waals surface area (Å²) >= 11 is 0. The summed E-state index contributed by atoms with van der Waals surface area (Å²) in [6.45, 7) is 4.63. The van der Waals surface area contributed by atoms with Crippen LogP contribution in [0.15, 0.2) is 24.3 Å². The number of anilines is 1. The summed E-state index contributed by atoms with van der Waals surface area (Å²) in [5.74, 6) is -1.72. The second-order valence-corrected chi connectivity index (χ2v) is 5.08. The maximum atomic E-state index is 11.8. The van der Waals surface area contributed by atoms with E-state index in [1.54, 1.807) is 6.07 Å². The van der Waals surface area contributed by atoms with Gasteiger partial charge in [-0.15, -0.1) is 0 Å². The first-order valence-electron chi connectivity index (χ1n) is 7.33. The molecule has 9 heteroatoms. The van der Waals surface area contributed by atoms with E-state index >= 15 is 0 Å². The zero-order valence-corrected chi connectivity index (χ0v) is 12.6. The number of carbonyl (C=O) groups excluding carboxylic acids is 2. The van der Waals surface area contributed by atoms with Crippen molar-refractivity contribution in [2.75, 3.05) is 44.6 Å². The highest BCUT2D eigenvalue weighted by molar-refractivity contribution is 6.39. The van der Waals surface area contributed by atoms with Crippen molar-refractivity contribution < 1.29 is 14.5 Å². The Labute approximate surface area is 133 Å². The lowest BCUT2D eigenvalue weighted by atomic mass is 10.2. The molecule has 0 aromatic heterocycles. The molecule has 2 amide bonds. The lowest BCUT2D eigenvalue weighted by Crippen LogP contribution is -2.47. The van der Waals surface area contributed by atoms with E-state index in [-0.39, 0.29) is 11.4 Å². The molecular formula is C14H19N5O4. The number of nitro benzene ring substituents is 1. The zero-order chi connectivity index (χ0) is 16.7. The van der Waals surface area contributed by atoms with Gasteiger partial charge in [-0.25, -0.2) is 0 Å². The Morgan fingerprint density at radius 3 is 2.61 bits per heavy atom. The monoisotopic (exact) mass is 321 g/mol. The Bertz CT molecular complexity index is 586. The van der Waals surface area contributed by atoms with Crippen LogP contribution in [0.1, 0.15) is 0 Å². The summed E-state index contributed by atoms with van der Waals surface area (Å²) < 4.78 is 0. The van der Waals surface area contributed by atoms with Crippen LogP contribution in [0.25, 0.3) is 0 Å². The van der Waals surface area contributed by atoms with Crippen molar-refractivity contribution in [1.82, 2.24) is 15.5 Å². The van der Waals surface area contributed by atoms with Crippen molar-refractivity contribution >= 4 is 23.2 Å². The van der Waals surface area contributed by atoms with Gasteiger partial charge in [0.05, 0.1) is 4.92 Å². The number of benzene rings is 1. The largest absolute Gasteiger partial charge is 0.347 e. The van der Waals surface area contributed by atoms with Gasteiger partial charge in [0.25, 0.3) is 5.69 Å². The van der Waals surface area contributed by atoms with E-state index in [1.165, 1.54) is 18.2 Å². The minimum Gasteiger partial charge on any atom is -0.347 e. The molecular weight excluding hydrogens is 302 g/mol. The molecule has 1 saturated heterocycles. The SMILES string of the molecule is O=C(NCCN1CCNCC1)C(=O)Nc1ccccc1[N+](=O)[O-]. The third kappa shape index (κ3) is 5.01. The normalized spacial score (nSPS) is 15.0. The van der Waals surface area contributed by atoms with E-state index in [2.05, 4.69) is 20.9 Å². The summed E-state index contributed by atoms with van der Waals surface area (Å²) in [7, 11) is 0. The van der Waals surface area contributed by atoms with Crippen LogP contribution in [0.3, 0.4) is 0 Å². The first-order chi connectivity index (χ1) is 11.1. The van der Waals surface area contributed by atoms with Crippen LogP contribution in [0.4, 0.5) is 11.4 Å². The summed E-state index contributed by atoms with van der Waals surface area (Å²) in [5, 5.41) is 18.9. The molecule has 0 saturated carbocycles. The van der Waals surface area contributed by atoms with Crippen LogP contribution < -0.4 is 16.0 Å². The number of nitro groups is 1. The number of carbonyl (C=O) groups is 2.